The molecule has 20 heavy (non-hydrogen) atoms. The van der Waals surface area contributed by atoms with Crippen LogP contribution in [0.25, 0.3) is 0 Å². The number of anilines is 1. The molecular weight excluding hydrogens is 275 g/mol. The maximum Gasteiger partial charge on any atom is 0.256 e. The van der Waals surface area contributed by atoms with Crippen molar-refractivity contribution < 1.29 is 9.18 Å². The van der Waals surface area contributed by atoms with E-state index in [0.717, 1.165) is 5.56 Å². The number of nitrogens with one attached hydrogen (secondary N) is 1. The van der Waals surface area contributed by atoms with Crippen LogP contribution in [0.2, 0.25) is 0 Å². The minimum atomic E-state index is -0.406. The van der Waals surface area contributed by atoms with Crippen LogP contribution in [0.15, 0.2) is 29.0 Å². The first-order valence-electron chi connectivity index (χ1n) is 5.94. The monoisotopic (exact) mass is 288 g/mol. The van der Waals surface area contributed by atoms with Crippen molar-refractivity contribution in [3.8, 4) is 11.8 Å². The highest BCUT2D eigenvalue weighted by atomic mass is 32.1. The van der Waals surface area contributed by atoms with Crippen LogP contribution < -0.4 is 11.1 Å². The second-order valence-corrected chi connectivity index (χ2v) is 4.86. The normalized spacial score (nSPS) is 9.75. The lowest BCUT2D eigenvalue weighted by atomic mass is 10.1. The molecule has 2 rings (SSSR count). The van der Waals surface area contributed by atoms with Crippen LogP contribution in [0.5, 0.6) is 0 Å². The van der Waals surface area contributed by atoms with Gasteiger partial charge in [0.25, 0.3) is 5.91 Å². The molecule has 0 spiro atoms. The molecule has 0 fully saturated rings. The number of amides is 1. The van der Waals surface area contributed by atoms with E-state index in [9.17, 15) is 9.18 Å². The summed E-state index contributed by atoms with van der Waals surface area (Å²) in [7, 11) is 0. The SMILES string of the molecule is Cc1cscc1C(=O)Nc1ccc(F)cc1C#CCN. The summed E-state index contributed by atoms with van der Waals surface area (Å²) in [6.07, 6.45) is 0. The van der Waals surface area contributed by atoms with E-state index in [0.29, 0.717) is 16.8 Å². The second-order valence-electron chi connectivity index (χ2n) is 4.12. The van der Waals surface area contributed by atoms with Gasteiger partial charge in [-0.1, -0.05) is 11.8 Å². The van der Waals surface area contributed by atoms with Gasteiger partial charge in [0.05, 0.1) is 23.4 Å². The standard InChI is InChI=1S/C15H13FN2OS/c1-10-8-20-9-13(10)15(19)18-14-5-4-12(16)7-11(14)3-2-6-17/h4-5,7-9H,6,17H2,1H3,(H,18,19). The molecule has 102 valence electrons. The Morgan fingerprint density at radius 1 is 1.45 bits per heavy atom. The zero-order valence-electron chi connectivity index (χ0n) is 10.9. The van der Waals surface area contributed by atoms with Crippen molar-refractivity contribution >= 4 is 22.9 Å². The molecule has 0 aliphatic carbocycles. The predicted molar refractivity (Wildman–Crippen MR) is 79.3 cm³/mol. The molecule has 0 saturated heterocycles. The van der Waals surface area contributed by atoms with E-state index < -0.39 is 5.82 Å². The second kappa shape index (κ2) is 6.33. The van der Waals surface area contributed by atoms with Gasteiger partial charge >= 0.3 is 0 Å². The molecule has 0 saturated carbocycles. The van der Waals surface area contributed by atoms with Gasteiger partial charge in [-0.2, -0.15) is 11.3 Å². The van der Waals surface area contributed by atoms with Crippen LogP contribution in [-0.4, -0.2) is 12.5 Å². The number of carbonyl (C=O) groups is 1. The van der Waals surface area contributed by atoms with E-state index in [-0.39, 0.29) is 12.5 Å². The largest absolute Gasteiger partial charge is 0.321 e. The summed E-state index contributed by atoms with van der Waals surface area (Å²) in [4.78, 5) is 12.1. The van der Waals surface area contributed by atoms with Gasteiger partial charge in [-0.25, -0.2) is 4.39 Å². The van der Waals surface area contributed by atoms with E-state index >= 15 is 0 Å². The molecule has 1 aromatic heterocycles. The number of nitrogens with two attached hydrogens (primary N) is 1. The molecule has 0 unspecified atom stereocenters. The Morgan fingerprint density at radius 2 is 2.25 bits per heavy atom. The molecular formula is C15H13FN2OS. The Kier molecular flexibility index (Phi) is 4.51. The van der Waals surface area contributed by atoms with Crippen LogP contribution in [-0.2, 0) is 0 Å². The third-order valence-corrected chi connectivity index (χ3v) is 3.52. The fourth-order valence-electron chi connectivity index (χ4n) is 1.66. The molecule has 1 aromatic carbocycles. The summed E-state index contributed by atoms with van der Waals surface area (Å²) in [6.45, 7) is 2.04. The average molecular weight is 288 g/mol. The smallest absolute Gasteiger partial charge is 0.256 e. The van der Waals surface area contributed by atoms with Crippen molar-refractivity contribution in [3.63, 3.8) is 0 Å². The Labute approximate surface area is 120 Å². The molecule has 0 radical (unpaired) electrons. The van der Waals surface area contributed by atoms with Crippen LogP contribution in [0.1, 0.15) is 21.5 Å². The number of thiophene rings is 1. The summed E-state index contributed by atoms with van der Waals surface area (Å²) in [5.74, 6) is 4.77. The molecule has 1 amide bonds. The maximum atomic E-state index is 13.2. The van der Waals surface area contributed by atoms with Crippen molar-refractivity contribution in [1.29, 1.82) is 0 Å². The molecule has 0 aliphatic heterocycles. The Balaban J connectivity index is 2.29. The first kappa shape index (κ1) is 14.3. The van der Waals surface area contributed by atoms with Crippen LogP contribution in [0, 0.1) is 24.6 Å². The highest BCUT2D eigenvalue weighted by Gasteiger charge is 2.12. The number of hydrogen-bond donors (Lipinski definition) is 2. The highest BCUT2D eigenvalue weighted by molar-refractivity contribution is 7.08. The molecule has 0 bridgehead atoms. The Morgan fingerprint density at radius 3 is 2.90 bits per heavy atom. The van der Waals surface area contributed by atoms with Crippen LogP contribution in [0.4, 0.5) is 10.1 Å². The number of aryl methyl sites for hydroxylation is 1. The predicted octanol–water partition coefficient (Wildman–Crippen LogP) is 2.76. The van der Waals surface area contributed by atoms with Crippen LogP contribution >= 0.6 is 11.3 Å². The zero-order valence-corrected chi connectivity index (χ0v) is 11.7. The third-order valence-electron chi connectivity index (χ3n) is 2.66. The molecule has 0 aliphatic rings. The quantitative estimate of drug-likeness (QED) is 0.835. The van der Waals surface area contributed by atoms with Gasteiger partial charge in [-0.3, -0.25) is 4.79 Å². The van der Waals surface area contributed by atoms with Gasteiger partial charge in [-0.05, 0) is 36.1 Å². The summed E-state index contributed by atoms with van der Waals surface area (Å²) in [6, 6.07) is 4.05. The number of halogens is 1. The lowest BCUT2D eigenvalue weighted by molar-refractivity contribution is 0.102. The first-order chi connectivity index (χ1) is 9.61. The first-order valence-corrected chi connectivity index (χ1v) is 6.88. The van der Waals surface area contributed by atoms with Gasteiger partial charge in [0.1, 0.15) is 5.82 Å². The molecule has 3 N–H and O–H groups in total. The summed E-state index contributed by atoms with van der Waals surface area (Å²) < 4.78 is 13.2. The number of rotatable bonds is 2. The number of carbonyl (C=O) groups excluding carboxylic acids is 1. The van der Waals surface area contributed by atoms with Crippen LogP contribution in [0.3, 0.4) is 0 Å². The maximum absolute atomic E-state index is 13.2. The summed E-state index contributed by atoms with van der Waals surface area (Å²) in [5, 5.41) is 6.42. The topological polar surface area (TPSA) is 55.1 Å². The summed E-state index contributed by atoms with van der Waals surface area (Å²) >= 11 is 1.46. The van der Waals surface area contributed by atoms with Crippen molar-refractivity contribution in [2.24, 2.45) is 5.73 Å². The fraction of sp³-hybridized carbons (Fsp3) is 0.133. The lowest BCUT2D eigenvalue weighted by Gasteiger charge is -2.07. The van der Waals surface area contributed by atoms with Gasteiger partial charge in [0.2, 0.25) is 0 Å². The van der Waals surface area contributed by atoms with E-state index in [1.54, 1.807) is 5.38 Å². The van der Waals surface area contributed by atoms with E-state index in [4.69, 9.17) is 5.73 Å². The summed E-state index contributed by atoms with van der Waals surface area (Å²) in [5.41, 5.74) is 7.71. The van der Waals surface area contributed by atoms with Gasteiger partial charge in [0.15, 0.2) is 0 Å². The van der Waals surface area contributed by atoms with E-state index in [1.807, 2.05) is 12.3 Å². The van der Waals surface area contributed by atoms with Crippen molar-refractivity contribution in [2.45, 2.75) is 6.92 Å². The molecule has 5 heteroatoms. The molecule has 0 atom stereocenters. The van der Waals surface area contributed by atoms with E-state index in [1.165, 1.54) is 29.5 Å². The molecule has 2 aromatic rings. The van der Waals surface area contributed by atoms with Gasteiger partial charge in [0, 0.05) is 5.38 Å². The van der Waals surface area contributed by atoms with E-state index in [2.05, 4.69) is 17.2 Å². The number of benzene rings is 1. The van der Waals surface area contributed by atoms with Crippen molar-refractivity contribution in [2.75, 3.05) is 11.9 Å². The van der Waals surface area contributed by atoms with Crippen molar-refractivity contribution in [1.82, 2.24) is 0 Å². The van der Waals surface area contributed by atoms with Gasteiger partial charge in [-0.15, -0.1) is 0 Å². The molecule has 1 heterocycles. The fourth-order valence-corrected chi connectivity index (χ4v) is 2.49. The minimum Gasteiger partial charge on any atom is -0.321 e. The third kappa shape index (κ3) is 3.23. The lowest BCUT2D eigenvalue weighted by Crippen LogP contribution is -2.13. The van der Waals surface area contributed by atoms with Gasteiger partial charge < -0.3 is 11.1 Å². The number of hydrogen-bond acceptors (Lipinski definition) is 3. The molecule has 3 nitrogen and oxygen atoms in total. The van der Waals surface area contributed by atoms with Crippen molar-refractivity contribution in [3.05, 3.63) is 51.5 Å². The Hall–Kier alpha value is -2.16. The minimum absolute atomic E-state index is 0.174. The Bertz CT molecular complexity index is 697. The average Bonchev–Trinajstić information content (AvgIpc) is 2.85. The highest BCUT2D eigenvalue weighted by Crippen LogP contribution is 2.19. The zero-order chi connectivity index (χ0) is 14.5.